The quantitative estimate of drug-likeness (QED) is 0.842. The maximum Gasteiger partial charge on any atom is 0.133 e. The van der Waals surface area contributed by atoms with E-state index in [9.17, 15) is 0 Å². The normalized spacial score (nSPS) is 19.4. The molecule has 0 atom stereocenters. The van der Waals surface area contributed by atoms with Gasteiger partial charge in [-0.05, 0) is 20.8 Å². The summed E-state index contributed by atoms with van der Waals surface area (Å²) in [6, 6.07) is 2.09. The van der Waals surface area contributed by atoms with Crippen LogP contribution < -0.4 is 10.2 Å². The van der Waals surface area contributed by atoms with Gasteiger partial charge in [0, 0.05) is 43.4 Å². The second kappa shape index (κ2) is 4.61. The predicted octanol–water partition coefficient (Wildman–Crippen LogP) is 1.54. The number of hydrogen-bond donors (Lipinski definition) is 1. The van der Waals surface area contributed by atoms with Gasteiger partial charge in [0.25, 0.3) is 0 Å². The van der Waals surface area contributed by atoms with Gasteiger partial charge in [0.15, 0.2) is 0 Å². The fraction of sp³-hybridized carbons (Fsp3) is 0.692. The summed E-state index contributed by atoms with van der Waals surface area (Å²) in [5.74, 6) is 2.01. The van der Waals surface area contributed by atoms with Crippen molar-refractivity contribution in [2.75, 3.05) is 24.5 Å². The van der Waals surface area contributed by atoms with Crippen molar-refractivity contribution in [2.45, 2.75) is 39.7 Å². The molecule has 1 N–H and O–H groups in total. The van der Waals surface area contributed by atoms with Gasteiger partial charge in [0.2, 0.25) is 0 Å². The van der Waals surface area contributed by atoms with Gasteiger partial charge in [-0.2, -0.15) is 0 Å². The average molecular weight is 234 g/mol. The van der Waals surface area contributed by atoms with Crippen LogP contribution in [0.2, 0.25) is 0 Å². The molecule has 0 bridgehead atoms. The number of nitrogens with one attached hydrogen (secondary N) is 1. The van der Waals surface area contributed by atoms with Crippen molar-refractivity contribution in [3.05, 3.63) is 17.6 Å². The third-order valence-corrected chi connectivity index (χ3v) is 3.28. The molecule has 0 aromatic carbocycles. The van der Waals surface area contributed by atoms with E-state index in [-0.39, 0.29) is 5.54 Å². The third-order valence-electron chi connectivity index (χ3n) is 3.28. The van der Waals surface area contributed by atoms with Crippen LogP contribution in [0, 0.1) is 6.92 Å². The zero-order valence-corrected chi connectivity index (χ0v) is 11.2. The van der Waals surface area contributed by atoms with Crippen LogP contribution in [0.25, 0.3) is 0 Å². The number of anilines is 1. The number of piperazine rings is 1. The summed E-state index contributed by atoms with van der Waals surface area (Å²) in [6.45, 7) is 11.7. The number of aryl methyl sites for hydroxylation is 2. The van der Waals surface area contributed by atoms with Gasteiger partial charge in [-0.3, -0.25) is 0 Å². The minimum atomic E-state index is 0.115. The minimum absolute atomic E-state index is 0.115. The molecule has 0 radical (unpaired) electrons. The predicted molar refractivity (Wildman–Crippen MR) is 70.4 cm³/mol. The molecule has 17 heavy (non-hydrogen) atoms. The zero-order chi connectivity index (χ0) is 12.5. The molecule has 0 unspecified atom stereocenters. The Morgan fingerprint density at radius 2 is 2.18 bits per heavy atom. The van der Waals surface area contributed by atoms with Crippen LogP contribution in [0.1, 0.15) is 32.3 Å². The van der Waals surface area contributed by atoms with Crippen LogP contribution in [-0.4, -0.2) is 35.1 Å². The van der Waals surface area contributed by atoms with E-state index in [0.717, 1.165) is 43.4 Å². The van der Waals surface area contributed by atoms with E-state index >= 15 is 0 Å². The van der Waals surface area contributed by atoms with Crippen LogP contribution in [-0.2, 0) is 6.42 Å². The lowest BCUT2D eigenvalue weighted by Crippen LogP contribution is -2.58. The molecule has 2 heterocycles. The highest BCUT2D eigenvalue weighted by molar-refractivity contribution is 5.43. The summed E-state index contributed by atoms with van der Waals surface area (Å²) >= 11 is 0. The SMILES string of the molecule is CCc1nc(C)cc(N2CCNCC2(C)C)n1. The first kappa shape index (κ1) is 12.3. The van der Waals surface area contributed by atoms with Crippen molar-refractivity contribution < 1.29 is 0 Å². The average Bonchev–Trinajstić information content (AvgIpc) is 2.27. The highest BCUT2D eigenvalue weighted by atomic mass is 15.3. The van der Waals surface area contributed by atoms with E-state index in [1.54, 1.807) is 0 Å². The fourth-order valence-electron chi connectivity index (χ4n) is 2.32. The molecular formula is C13H22N4. The van der Waals surface area contributed by atoms with Crippen molar-refractivity contribution in [3.63, 3.8) is 0 Å². The Morgan fingerprint density at radius 1 is 1.41 bits per heavy atom. The monoisotopic (exact) mass is 234 g/mol. The summed E-state index contributed by atoms with van der Waals surface area (Å²) in [5, 5.41) is 3.43. The van der Waals surface area contributed by atoms with Gasteiger partial charge in [-0.1, -0.05) is 6.92 Å². The second-order valence-electron chi connectivity index (χ2n) is 5.28. The largest absolute Gasteiger partial charge is 0.349 e. The molecule has 1 aromatic rings. The molecule has 1 aliphatic rings. The lowest BCUT2D eigenvalue weighted by Gasteiger charge is -2.43. The molecule has 4 nitrogen and oxygen atoms in total. The van der Waals surface area contributed by atoms with E-state index in [1.165, 1.54) is 0 Å². The van der Waals surface area contributed by atoms with Crippen molar-refractivity contribution in [3.8, 4) is 0 Å². The van der Waals surface area contributed by atoms with Gasteiger partial charge in [0.05, 0.1) is 0 Å². The highest BCUT2D eigenvalue weighted by Crippen LogP contribution is 2.24. The lowest BCUT2D eigenvalue weighted by molar-refractivity contribution is 0.377. The molecule has 4 heteroatoms. The number of rotatable bonds is 2. The second-order valence-corrected chi connectivity index (χ2v) is 5.28. The van der Waals surface area contributed by atoms with Crippen LogP contribution in [0.15, 0.2) is 6.07 Å². The summed E-state index contributed by atoms with van der Waals surface area (Å²) < 4.78 is 0. The molecule has 1 aromatic heterocycles. The zero-order valence-electron chi connectivity index (χ0n) is 11.2. The van der Waals surface area contributed by atoms with Crippen LogP contribution in [0.4, 0.5) is 5.82 Å². The molecule has 1 aliphatic heterocycles. The molecule has 94 valence electrons. The topological polar surface area (TPSA) is 41.1 Å². The van der Waals surface area contributed by atoms with Gasteiger partial charge < -0.3 is 10.2 Å². The van der Waals surface area contributed by atoms with E-state index in [0.29, 0.717) is 0 Å². The first-order valence-corrected chi connectivity index (χ1v) is 6.36. The highest BCUT2D eigenvalue weighted by Gasteiger charge is 2.30. The first-order valence-electron chi connectivity index (χ1n) is 6.36. The molecular weight excluding hydrogens is 212 g/mol. The van der Waals surface area contributed by atoms with Crippen molar-refractivity contribution in [2.24, 2.45) is 0 Å². The Balaban J connectivity index is 2.35. The maximum absolute atomic E-state index is 4.66. The number of nitrogens with zero attached hydrogens (tertiary/aromatic N) is 3. The standard InChI is InChI=1S/C13H22N4/c1-5-11-15-10(2)8-12(16-11)17-7-6-14-9-13(17,3)4/h8,14H,5-7,9H2,1-4H3. The molecule has 1 saturated heterocycles. The molecule has 1 fully saturated rings. The fourth-order valence-corrected chi connectivity index (χ4v) is 2.32. The van der Waals surface area contributed by atoms with E-state index < -0.39 is 0 Å². The Bertz CT molecular complexity index is 400. The Labute approximate surface area is 103 Å². The Kier molecular flexibility index (Phi) is 3.33. The third kappa shape index (κ3) is 2.57. The molecule has 2 rings (SSSR count). The number of aromatic nitrogens is 2. The van der Waals surface area contributed by atoms with Crippen LogP contribution >= 0.6 is 0 Å². The molecule has 0 aliphatic carbocycles. The molecule has 0 spiro atoms. The Morgan fingerprint density at radius 3 is 2.82 bits per heavy atom. The molecule has 0 saturated carbocycles. The van der Waals surface area contributed by atoms with Gasteiger partial charge in [0.1, 0.15) is 11.6 Å². The lowest BCUT2D eigenvalue weighted by atomic mass is 10.0. The smallest absolute Gasteiger partial charge is 0.133 e. The molecule has 0 amide bonds. The maximum atomic E-state index is 4.66. The van der Waals surface area contributed by atoms with Crippen LogP contribution in [0.3, 0.4) is 0 Å². The summed E-state index contributed by atoms with van der Waals surface area (Å²) in [7, 11) is 0. The first-order chi connectivity index (χ1) is 8.03. The summed E-state index contributed by atoms with van der Waals surface area (Å²) in [6.07, 6.45) is 0.890. The summed E-state index contributed by atoms with van der Waals surface area (Å²) in [5.41, 5.74) is 1.17. The van der Waals surface area contributed by atoms with E-state index in [4.69, 9.17) is 0 Å². The van der Waals surface area contributed by atoms with E-state index in [1.807, 2.05) is 6.92 Å². The van der Waals surface area contributed by atoms with Crippen molar-refractivity contribution in [1.29, 1.82) is 0 Å². The van der Waals surface area contributed by atoms with Crippen LogP contribution in [0.5, 0.6) is 0 Å². The van der Waals surface area contributed by atoms with Gasteiger partial charge in [-0.15, -0.1) is 0 Å². The van der Waals surface area contributed by atoms with Gasteiger partial charge >= 0.3 is 0 Å². The minimum Gasteiger partial charge on any atom is -0.349 e. The number of hydrogen-bond acceptors (Lipinski definition) is 4. The van der Waals surface area contributed by atoms with Gasteiger partial charge in [-0.25, -0.2) is 9.97 Å². The summed E-state index contributed by atoms with van der Waals surface area (Å²) in [4.78, 5) is 11.5. The van der Waals surface area contributed by atoms with Crippen molar-refractivity contribution in [1.82, 2.24) is 15.3 Å². The van der Waals surface area contributed by atoms with Crippen molar-refractivity contribution >= 4 is 5.82 Å². The Hall–Kier alpha value is -1.16. The van der Waals surface area contributed by atoms with E-state index in [2.05, 4.69) is 47.0 Å².